The Labute approximate surface area is 146 Å². The predicted molar refractivity (Wildman–Crippen MR) is 94.3 cm³/mol. The van der Waals surface area contributed by atoms with Crippen molar-refractivity contribution in [3.8, 4) is 0 Å². The Morgan fingerprint density at radius 3 is 2.52 bits per heavy atom. The average Bonchev–Trinajstić information content (AvgIpc) is 3.04. The topological polar surface area (TPSA) is 37.4 Å². The molecule has 0 spiro atoms. The van der Waals surface area contributed by atoms with Crippen LogP contribution in [0.25, 0.3) is 5.57 Å². The van der Waals surface area contributed by atoms with E-state index in [4.69, 9.17) is 0 Å². The summed E-state index contributed by atoms with van der Waals surface area (Å²) in [5, 5.41) is 0. The van der Waals surface area contributed by atoms with Gasteiger partial charge in [-0.15, -0.1) is 0 Å². The lowest BCUT2D eigenvalue weighted by atomic mass is 10.0. The van der Waals surface area contributed by atoms with Crippen molar-refractivity contribution < 1.29 is 17.2 Å². The fourth-order valence-corrected chi connectivity index (χ4v) is 4.69. The fourth-order valence-electron chi connectivity index (χ4n) is 3.07. The molecular weight excluding hydrogens is 344 g/mol. The highest BCUT2D eigenvalue weighted by atomic mass is 32.2. The fraction of sp³-hybridized carbons (Fsp3) is 0.263. The van der Waals surface area contributed by atoms with Crippen molar-refractivity contribution in [1.82, 2.24) is 4.31 Å². The first-order valence-electron chi connectivity index (χ1n) is 8.13. The van der Waals surface area contributed by atoms with Crippen molar-refractivity contribution in [2.24, 2.45) is 0 Å². The second-order valence-corrected chi connectivity index (χ2v) is 8.07. The van der Waals surface area contributed by atoms with Gasteiger partial charge >= 0.3 is 0 Å². The molecule has 2 aromatic rings. The first-order chi connectivity index (χ1) is 11.9. The van der Waals surface area contributed by atoms with Gasteiger partial charge in [0.05, 0.1) is 11.8 Å². The van der Waals surface area contributed by atoms with Crippen molar-refractivity contribution in [2.75, 3.05) is 12.3 Å². The zero-order valence-corrected chi connectivity index (χ0v) is 14.6. The number of sulfonamides is 1. The van der Waals surface area contributed by atoms with E-state index in [9.17, 15) is 17.2 Å². The van der Waals surface area contributed by atoms with Gasteiger partial charge in [0.25, 0.3) is 0 Å². The second kappa shape index (κ2) is 7.06. The summed E-state index contributed by atoms with van der Waals surface area (Å²) in [6, 6.07) is 11.9. The van der Waals surface area contributed by atoms with Gasteiger partial charge in [-0.3, -0.25) is 0 Å². The Bertz CT molecular complexity index is 895. The molecule has 0 aromatic heterocycles. The monoisotopic (exact) mass is 363 g/mol. The number of rotatable bonds is 5. The van der Waals surface area contributed by atoms with Crippen LogP contribution < -0.4 is 0 Å². The molecule has 0 radical (unpaired) electrons. The smallest absolute Gasteiger partial charge is 0.212 e. The first kappa shape index (κ1) is 17.8. The molecule has 0 saturated heterocycles. The third-order valence-electron chi connectivity index (χ3n) is 4.23. The van der Waals surface area contributed by atoms with E-state index in [0.717, 1.165) is 23.8 Å². The van der Waals surface area contributed by atoms with Crippen LogP contribution in [0.5, 0.6) is 0 Å². The molecule has 3 nitrogen and oxygen atoms in total. The number of hydrogen-bond acceptors (Lipinski definition) is 2. The molecule has 3 rings (SSSR count). The van der Waals surface area contributed by atoms with Crippen LogP contribution in [0.3, 0.4) is 0 Å². The van der Waals surface area contributed by atoms with Crippen molar-refractivity contribution in [3.63, 3.8) is 0 Å². The van der Waals surface area contributed by atoms with Gasteiger partial charge in [-0.2, -0.15) is 4.31 Å². The van der Waals surface area contributed by atoms with Gasteiger partial charge < -0.3 is 0 Å². The highest BCUT2D eigenvalue weighted by Gasteiger charge is 2.35. The highest BCUT2D eigenvalue weighted by Crippen LogP contribution is 2.37. The van der Waals surface area contributed by atoms with Crippen molar-refractivity contribution in [1.29, 1.82) is 0 Å². The molecule has 0 saturated carbocycles. The van der Waals surface area contributed by atoms with Crippen molar-refractivity contribution >= 4 is 15.6 Å². The van der Waals surface area contributed by atoms with Gasteiger partial charge in [0.2, 0.25) is 10.0 Å². The molecule has 1 heterocycles. The Balaban J connectivity index is 2.06. The summed E-state index contributed by atoms with van der Waals surface area (Å²) >= 11 is 0. The third kappa shape index (κ3) is 3.65. The summed E-state index contributed by atoms with van der Waals surface area (Å²) in [4.78, 5) is 0. The molecule has 1 atom stereocenters. The Kier molecular flexibility index (Phi) is 5.01. The molecule has 25 heavy (non-hydrogen) atoms. The van der Waals surface area contributed by atoms with E-state index >= 15 is 0 Å². The Morgan fingerprint density at radius 2 is 1.84 bits per heavy atom. The zero-order chi connectivity index (χ0) is 18.0. The quantitative estimate of drug-likeness (QED) is 0.800. The summed E-state index contributed by atoms with van der Waals surface area (Å²) in [7, 11) is -3.51. The molecule has 1 aliphatic rings. The van der Waals surface area contributed by atoms with Crippen LogP contribution in [-0.4, -0.2) is 25.0 Å². The molecular formula is C19H19F2NO2S. The second-order valence-electron chi connectivity index (χ2n) is 6.03. The van der Waals surface area contributed by atoms with E-state index < -0.39 is 27.7 Å². The summed E-state index contributed by atoms with van der Waals surface area (Å²) in [5.41, 5.74) is 1.38. The molecule has 0 N–H and O–H groups in total. The van der Waals surface area contributed by atoms with E-state index in [1.54, 1.807) is 13.0 Å². The van der Waals surface area contributed by atoms with Gasteiger partial charge in [-0.1, -0.05) is 43.3 Å². The molecule has 132 valence electrons. The van der Waals surface area contributed by atoms with Crippen molar-refractivity contribution in [2.45, 2.75) is 19.4 Å². The maximum Gasteiger partial charge on any atom is 0.215 e. The van der Waals surface area contributed by atoms with Gasteiger partial charge in [-0.25, -0.2) is 17.2 Å². The molecule has 0 aliphatic carbocycles. The van der Waals surface area contributed by atoms with E-state index in [1.165, 1.54) is 4.31 Å². The lowest BCUT2D eigenvalue weighted by Crippen LogP contribution is -2.33. The number of nitrogens with zero attached hydrogens (tertiary/aromatic N) is 1. The Morgan fingerprint density at radius 1 is 1.12 bits per heavy atom. The normalized spacial score (nSPS) is 18.4. The van der Waals surface area contributed by atoms with Crippen molar-refractivity contribution in [3.05, 3.63) is 77.4 Å². The van der Waals surface area contributed by atoms with Crippen LogP contribution >= 0.6 is 0 Å². The van der Waals surface area contributed by atoms with E-state index in [-0.39, 0.29) is 17.9 Å². The lowest BCUT2D eigenvalue weighted by Gasteiger charge is -2.24. The lowest BCUT2D eigenvalue weighted by molar-refractivity contribution is 0.419. The van der Waals surface area contributed by atoms with E-state index in [1.807, 2.05) is 30.3 Å². The zero-order valence-electron chi connectivity index (χ0n) is 13.8. The summed E-state index contributed by atoms with van der Waals surface area (Å²) in [6.45, 7) is 1.83. The van der Waals surface area contributed by atoms with Crippen LogP contribution in [0.2, 0.25) is 0 Å². The number of benzene rings is 2. The molecule has 6 heteroatoms. The van der Waals surface area contributed by atoms with E-state index in [2.05, 4.69) is 0 Å². The van der Waals surface area contributed by atoms with E-state index in [0.29, 0.717) is 12.0 Å². The van der Waals surface area contributed by atoms with Gasteiger partial charge in [0, 0.05) is 12.1 Å². The third-order valence-corrected chi connectivity index (χ3v) is 6.23. The maximum absolute atomic E-state index is 14.1. The summed E-state index contributed by atoms with van der Waals surface area (Å²) in [5.74, 6) is -1.10. The first-order valence-corrected chi connectivity index (χ1v) is 9.74. The molecule has 0 amide bonds. The molecule has 1 unspecified atom stereocenters. The predicted octanol–water partition coefficient (Wildman–Crippen LogP) is 4.14. The highest BCUT2D eigenvalue weighted by molar-refractivity contribution is 7.89. The average molecular weight is 363 g/mol. The molecule has 1 aliphatic heterocycles. The standard InChI is InChI=1S/C19H19F2NO2S/c1-2-10-25(23,24)22-13-15(17-12-16(20)8-9-18(17)21)11-19(22)14-6-4-3-5-7-14/h3-9,11-12,19H,2,10,13H2,1H3. The Hall–Kier alpha value is -2.05. The minimum absolute atomic E-state index is 0.0170. The van der Waals surface area contributed by atoms with Crippen LogP contribution in [0.15, 0.2) is 54.6 Å². The summed E-state index contributed by atoms with van der Waals surface area (Å²) < 4.78 is 54.4. The number of hydrogen-bond donors (Lipinski definition) is 0. The van der Waals surface area contributed by atoms with Crippen LogP contribution in [-0.2, 0) is 10.0 Å². The number of halogens is 2. The molecule has 0 fully saturated rings. The largest absolute Gasteiger partial charge is 0.215 e. The summed E-state index contributed by atoms with van der Waals surface area (Å²) in [6.07, 6.45) is 2.20. The molecule has 0 bridgehead atoms. The van der Waals surface area contributed by atoms with Crippen LogP contribution in [0, 0.1) is 11.6 Å². The van der Waals surface area contributed by atoms with Gasteiger partial charge in [0.1, 0.15) is 11.6 Å². The minimum atomic E-state index is -3.51. The van der Waals surface area contributed by atoms with Crippen LogP contribution in [0.1, 0.15) is 30.5 Å². The molecule has 2 aromatic carbocycles. The minimum Gasteiger partial charge on any atom is -0.212 e. The van der Waals surface area contributed by atoms with Gasteiger partial charge in [0.15, 0.2) is 0 Å². The maximum atomic E-state index is 14.1. The van der Waals surface area contributed by atoms with Crippen LogP contribution in [0.4, 0.5) is 8.78 Å². The SMILES string of the molecule is CCCS(=O)(=O)N1CC(c2cc(F)ccc2F)=CC1c1ccccc1. The van der Waals surface area contributed by atoms with Gasteiger partial charge in [-0.05, 0) is 35.8 Å².